The van der Waals surface area contributed by atoms with Gasteiger partial charge in [0.25, 0.3) is 0 Å². The minimum atomic E-state index is -3.58. The summed E-state index contributed by atoms with van der Waals surface area (Å²) in [4.78, 5) is 1.10. The molecule has 0 saturated carbocycles. The van der Waals surface area contributed by atoms with Crippen molar-refractivity contribution in [1.82, 2.24) is 4.72 Å². The van der Waals surface area contributed by atoms with E-state index in [4.69, 9.17) is 17.3 Å². The van der Waals surface area contributed by atoms with Gasteiger partial charge in [0, 0.05) is 11.4 Å². The number of rotatable bonds is 4. The van der Waals surface area contributed by atoms with Crippen LogP contribution in [0.25, 0.3) is 0 Å². The lowest BCUT2D eigenvalue weighted by atomic mass is 10.3. The second kappa shape index (κ2) is 5.50. The Labute approximate surface area is 121 Å². The van der Waals surface area contributed by atoms with Crippen molar-refractivity contribution in [1.29, 1.82) is 0 Å². The zero-order chi connectivity index (χ0) is 14.0. The molecule has 0 radical (unpaired) electrons. The number of anilines is 1. The molecule has 1 aromatic heterocycles. The predicted octanol–water partition coefficient (Wildman–Crippen LogP) is 2.77. The van der Waals surface area contributed by atoms with Crippen LogP contribution in [0.2, 0.25) is 5.02 Å². The lowest BCUT2D eigenvalue weighted by molar-refractivity contribution is 0.582. The summed E-state index contributed by atoms with van der Waals surface area (Å²) in [5.41, 5.74) is 6.99. The van der Waals surface area contributed by atoms with E-state index in [-0.39, 0.29) is 16.5 Å². The molecule has 0 unspecified atom stereocenters. The number of hydrogen-bond acceptors (Lipinski definition) is 4. The number of thiophene rings is 1. The highest BCUT2D eigenvalue weighted by molar-refractivity contribution is 7.89. The van der Waals surface area contributed by atoms with Crippen molar-refractivity contribution in [3.8, 4) is 0 Å². The smallest absolute Gasteiger partial charge is 0.240 e. The molecule has 4 nitrogen and oxygen atoms in total. The van der Waals surface area contributed by atoms with Gasteiger partial charge in [-0.25, -0.2) is 13.1 Å². The van der Waals surface area contributed by atoms with Crippen LogP contribution in [-0.4, -0.2) is 8.42 Å². The van der Waals surface area contributed by atoms with Gasteiger partial charge in [-0.2, -0.15) is 0 Å². The molecule has 2 aromatic rings. The van der Waals surface area contributed by atoms with Gasteiger partial charge in [-0.3, -0.25) is 0 Å². The van der Waals surface area contributed by atoms with Crippen LogP contribution in [-0.2, 0) is 16.6 Å². The Morgan fingerprint density at radius 3 is 2.68 bits per heavy atom. The van der Waals surface area contributed by atoms with Gasteiger partial charge in [-0.1, -0.05) is 11.6 Å². The fourth-order valence-electron chi connectivity index (χ4n) is 1.50. The molecule has 2 rings (SSSR count). The van der Waals surface area contributed by atoms with E-state index in [0.717, 1.165) is 10.4 Å². The Morgan fingerprint density at radius 2 is 2.11 bits per heavy atom. The lowest BCUT2D eigenvalue weighted by Gasteiger charge is -2.07. The molecular weight excluding hydrogens is 304 g/mol. The standard InChI is InChI=1S/C12H13ClN2O2S2/c1-8-4-5-18-12(8)7-15-19(16,17)9-2-3-11(14)10(13)6-9/h2-6,15H,7,14H2,1H3. The molecular formula is C12H13ClN2O2S2. The minimum Gasteiger partial charge on any atom is -0.398 e. The Morgan fingerprint density at radius 1 is 1.37 bits per heavy atom. The zero-order valence-corrected chi connectivity index (χ0v) is 12.6. The van der Waals surface area contributed by atoms with Gasteiger partial charge in [-0.15, -0.1) is 11.3 Å². The van der Waals surface area contributed by atoms with Gasteiger partial charge >= 0.3 is 0 Å². The first-order valence-electron chi connectivity index (χ1n) is 5.48. The highest BCUT2D eigenvalue weighted by atomic mass is 35.5. The predicted molar refractivity (Wildman–Crippen MR) is 78.9 cm³/mol. The number of nitrogens with two attached hydrogens (primary N) is 1. The van der Waals surface area contributed by atoms with Crippen molar-refractivity contribution in [2.24, 2.45) is 0 Å². The maximum Gasteiger partial charge on any atom is 0.240 e. The molecule has 102 valence electrons. The van der Waals surface area contributed by atoms with E-state index >= 15 is 0 Å². The number of benzene rings is 1. The lowest BCUT2D eigenvalue weighted by Crippen LogP contribution is -2.23. The van der Waals surface area contributed by atoms with Crippen molar-refractivity contribution in [3.63, 3.8) is 0 Å². The Kier molecular flexibility index (Phi) is 4.15. The largest absolute Gasteiger partial charge is 0.398 e. The number of halogens is 1. The van der Waals surface area contributed by atoms with Crippen LogP contribution in [0.1, 0.15) is 10.4 Å². The van der Waals surface area contributed by atoms with Gasteiger partial charge in [-0.05, 0) is 42.1 Å². The van der Waals surface area contributed by atoms with E-state index in [1.54, 1.807) is 0 Å². The van der Waals surface area contributed by atoms with E-state index in [2.05, 4.69) is 4.72 Å². The summed E-state index contributed by atoms with van der Waals surface area (Å²) in [7, 11) is -3.58. The molecule has 19 heavy (non-hydrogen) atoms. The molecule has 3 N–H and O–H groups in total. The topological polar surface area (TPSA) is 72.2 Å². The van der Waals surface area contributed by atoms with Gasteiger partial charge < -0.3 is 5.73 Å². The average molecular weight is 317 g/mol. The molecule has 0 amide bonds. The van der Waals surface area contributed by atoms with Crippen LogP contribution in [0.15, 0.2) is 34.5 Å². The van der Waals surface area contributed by atoms with Crippen LogP contribution in [0.3, 0.4) is 0 Å². The maximum atomic E-state index is 12.1. The summed E-state index contributed by atoms with van der Waals surface area (Å²) in [5, 5.41) is 2.16. The van der Waals surface area contributed by atoms with Crippen molar-refractivity contribution in [2.45, 2.75) is 18.4 Å². The third kappa shape index (κ3) is 3.27. The molecule has 0 spiro atoms. The van der Waals surface area contributed by atoms with Gasteiger partial charge in [0.05, 0.1) is 15.6 Å². The van der Waals surface area contributed by atoms with Crippen LogP contribution in [0.5, 0.6) is 0 Å². The number of nitrogens with one attached hydrogen (secondary N) is 1. The minimum absolute atomic E-state index is 0.112. The number of aryl methyl sites for hydroxylation is 1. The van der Waals surface area contributed by atoms with Crippen LogP contribution in [0, 0.1) is 6.92 Å². The zero-order valence-electron chi connectivity index (χ0n) is 10.2. The summed E-state index contributed by atoms with van der Waals surface area (Å²) in [5.74, 6) is 0. The van der Waals surface area contributed by atoms with Crippen molar-refractivity contribution < 1.29 is 8.42 Å². The normalized spacial score (nSPS) is 11.7. The summed E-state index contributed by atoms with van der Waals surface area (Å²) < 4.78 is 26.7. The van der Waals surface area contributed by atoms with E-state index < -0.39 is 10.0 Å². The maximum absolute atomic E-state index is 12.1. The van der Waals surface area contributed by atoms with Crippen LogP contribution >= 0.6 is 22.9 Å². The Bertz CT molecular complexity index is 696. The molecule has 1 heterocycles. The van der Waals surface area contributed by atoms with Crippen molar-refractivity contribution in [3.05, 3.63) is 45.1 Å². The summed E-state index contributed by atoms with van der Waals surface area (Å²) in [6, 6.07) is 6.22. The molecule has 0 aliphatic carbocycles. The van der Waals surface area contributed by atoms with E-state index in [9.17, 15) is 8.42 Å². The van der Waals surface area contributed by atoms with Crippen LogP contribution < -0.4 is 10.5 Å². The third-order valence-electron chi connectivity index (χ3n) is 2.67. The SMILES string of the molecule is Cc1ccsc1CNS(=O)(=O)c1ccc(N)c(Cl)c1. The molecule has 0 atom stereocenters. The summed E-state index contributed by atoms with van der Waals surface area (Å²) in [6.07, 6.45) is 0. The Hall–Kier alpha value is -1.08. The first-order chi connectivity index (χ1) is 8.90. The highest BCUT2D eigenvalue weighted by Gasteiger charge is 2.15. The second-order valence-electron chi connectivity index (χ2n) is 4.03. The first-order valence-corrected chi connectivity index (χ1v) is 8.22. The number of hydrogen-bond donors (Lipinski definition) is 2. The molecule has 0 fully saturated rings. The molecule has 0 aliphatic rings. The average Bonchev–Trinajstić information content (AvgIpc) is 2.76. The molecule has 7 heteroatoms. The first kappa shape index (κ1) is 14.3. The van der Waals surface area contributed by atoms with Gasteiger partial charge in [0.1, 0.15) is 0 Å². The van der Waals surface area contributed by atoms with Crippen molar-refractivity contribution >= 4 is 38.6 Å². The van der Waals surface area contributed by atoms with E-state index in [0.29, 0.717) is 5.69 Å². The quantitative estimate of drug-likeness (QED) is 0.852. The summed E-state index contributed by atoms with van der Waals surface area (Å²) in [6.45, 7) is 2.22. The second-order valence-corrected chi connectivity index (χ2v) is 7.21. The highest BCUT2D eigenvalue weighted by Crippen LogP contribution is 2.23. The third-order valence-corrected chi connectivity index (χ3v) is 5.42. The monoisotopic (exact) mass is 316 g/mol. The van der Waals surface area contributed by atoms with Gasteiger partial charge in [0.2, 0.25) is 10.0 Å². The molecule has 0 saturated heterocycles. The van der Waals surface area contributed by atoms with Crippen LogP contribution in [0.4, 0.5) is 5.69 Å². The number of nitrogen functional groups attached to an aromatic ring is 1. The fourth-order valence-corrected chi connectivity index (χ4v) is 3.71. The van der Waals surface area contributed by atoms with E-state index in [1.165, 1.54) is 29.5 Å². The number of sulfonamides is 1. The van der Waals surface area contributed by atoms with Gasteiger partial charge in [0.15, 0.2) is 0 Å². The van der Waals surface area contributed by atoms with Crippen molar-refractivity contribution in [2.75, 3.05) is 5.73 Å². The molecule has 0 bridgehead atoms. The molecule has 1 aromatic carbocycles. The van der Waals surface area contributed by atoms with E-state index in [1.807, 2.05) is 18.4 Å². The molecule has 0 aliphatic heterocycles. The summed E-state index contributed by atoms with van der Waals surface area (Å²) >= 11 is 7.35. The fraction of sp³-hybridized carbons (Fsp3) is 0.167. The Balaban J connectivity index is 2.18.